The summed E-state index contributed by atoms with van der Waals surface area (Å²) in [5.74, 6) is -0.362. The molecule has 1 aromatic rings. The van der Waals surface area contributed by atoms with Crippen LogP contribution in [0, 0.1) is 5.82 Å². The summed E-state index contributed by atoms with van der Waals surface area (Å²) in [6.07, 6.45) is 2.11. The van der Waals surface area contributed by atoms with Crippen molar-refractivity contribution in [3.05, 3.63) is 29.6 Å². The van der Waals surface area contributed by atoms with E-state index in [4.69, 9.17) is 0 Å². The van der Waals surface area contributed by atoms with E-state index in [0.29, 0.717) is 11.6 Å². The fourth-order valence-electron chi connectivity index (χ4n) is 2.26. The fraction of sp³-hybridized carbons (Fsp3) is 0.571. The summed E-state index contributed by atoms with van der Waals surface area (Å²) in [4.78, 5) is 2.19. The highest BCUT2D eigenvalue weighted by Crippen LogP contribution is 2.27. The summed E-state index contributed by atoms with van der Waals surface area (Å²) in [5.41, 5.74) is 0.636. The number of halogens is 1. The van der Waals surface area contributed by atoms with Crippen molar-refractivity contribution in [2.24, 2.45) is 0 Å². The van der Waals surface area contributed by atoms with Gasteiger partial charge in [0.15, 0.2) is 0 Å². The predicted octanol–water partition coefficient (Wildman–Crippen LogP) is 3.71. The lowest BCUT2D eigenvalue weighted by Gasteiger charge is -2.32. The maximum absolute atomic E-state index is 13.7. The standard InChI is InChI=1S/C14H22FNO/c1-5-11(6-2)16(4)10(3)13-8-7-12(17)9-14(13)15/h7-11,17H,5-6H2,1-4H3. The second-order valence-electron chi connectivity index (χ2n) is 4.52. The number of phenols is 1. The van der Waals surface area contributed by atoms with Crippen molar-refractivity contribution < 1.29 is 9.50 Å². The van der Waals surface area contributed by atoms with Crippen molar-refractivity contribution in [2.75, 3.05) is 7.05 Å². The smallest absolute Gasteiger partial charge is 0.131 e. The summed E-state index contributed by atoms with van der Waals surface area (Å²) < 4.78 is 13.7. The molecule has 2 nitrogen and oxygen atoms in total. The van der Waals surface area contributed by atoms with E-state index in [9.17, 15) is 9.50 Å². The lowest BCUT2D eigenvalue weighted by molar-refractivity contribution is 0.172. The van der Waals surface area contributed by atoms with Gasteiger partial charge in [0.2, 0.25) is 0 Å². The van der Waals surface area contributed by atoms with Crippen LogP contribution >= 0.6 is 0 Å². The van der Waals surface area contributed by atoms with Gasteiger partial charge >= 0.3 is 0 Å². The fourth-order valence-corrected chi connectivity index (χ4v) is 2.26. The molecule has 0 radical (unpaired) electrons. The van der Waals surface area contributed by atoms with Gasteiger partial charge in [-0.1, -0.05) is 19.9 Å². The van der Waals surface area contributed by atoms with Crippen molar-refractivity contribution >= 4 is 0 Å². The van der Waals surface area contributed by atoms with Gasteiger partial charge in [-0.25, -0.2) is 4.39 Å². The molecule has 3 heteroatoms. The molecular formula is C14H22FNO. The molecular weight excluding hydrogens is 217 g/mol. The molecule has 0 bridgehead atoms. The Morgan fingerprint density at radius 1 is 1.29 bits per heavy atom. The van der Waals surface area contributed by atoms with Gasteiger partial charge in [-0.3, -0.25) is 4.90 Å². The molecule has 0 aliphatic carbocycles. The van der Waals surface area contributed by atoms with Gasteiger partial charge < -0.3 is 5.11 Å². The van der Waals surface area contributed by atoms with Crippen LogP contribution in [0.4, 0.5) is 4.39 Å². The second kappa shape index (κ2) is 6.01. The quantitative estimate of drug-likeness (QED) is 0.846. The van der Waals surface area contributed by atoms with E-state index in [-0.39, 0.29) is 17.6 Å². The molecule has 0 amide bonds. The number of phenolic OH excluding ortho intramolecular Hbond substituents is 1. The molecule has 96 valence electrons. The Morgan fingerprint density at radius 2 is 1.88 bits per heavy atom. The van der Waals surface area contributed by atoms with E-state index in [1.54, 1.807) is 6.07 Å². The lowest BCUT2D eigenvalue weighted by Crippen LogP contribution is -2.33. The SMILES string of the molecule is CCC(CC)N(C)C(C)c1ccc(O)cc1F. The molecule has 1 N–H and O–H groups in total. The first kappa shape index (κ1) is 14.0. The van der Waals surface area contributed by atoms with Crippen LogP contribution in [0.2, 0.25) is 0 Å². The van der Waals surface area contributed by atoms with Gasteiger partial charge in [-0.15, -0.1) is 0 Å². The number of nitrogens with zero attached hydrogens (tertiary/aromatic N) is 1. The van der Waals surface area contributed by atoms with Crippen molar-refractivity contribution in [1.29, 1.82) is 0 Å². The predicted molar refractivity (Wildman–Crippen MR) is 68.6 cm³/mol. The van der Waals surface area contributed by atoms with Crippen LogP contribution in [0.3, 0.4) is 0 Å². The van der Waals surface area contributed by atoms with Crippen LogP contribution in [0.1, 0.15) is 45.2 Å². The highest BCUT2D eigenvalue weighted by Gasteiger charge is 2.20. The topological polar surface area (TPSA) is 23.5 Å². The Balaban J connectivity index is 2.91. The molecule has 1 rings (SSSR count). The summed E-state index contributed by atoms with van der Waals surface area (Å²) in [5, 5.41) is 9.21. The third kappa shape index (κ3) is 3.19. The molecule has 0 aliphatic heterocycles. The van der Waals surface area contributed by atoms with Gasteiger partial charge in [-0.05, 0) is 32.9 Å². The van der Waals surface area contributed by atoms with Crippen LogP contribution in [0.25, 0.3) is 0 Å². The summed E-state index contributed by atoms with van der Waals surface area (Å²) in [6.45, 7) is 6.28. The Kier molecular flexibility index (Phi) is 4.94. The van der Waals surface area contributed by atoms with E-state index in [0.717, 1.165) is 12.8 Å². The molecule has 0 saturated carbocycles. The number of benzene rings is 1. The molecule has 17 heavy (non-hydrogen) atoms. The molecule has 1 atom stereocenters. The molecule has 1 unspecified atom stereocenters. The van der Waals surface area contributed by atoms with Crippen molar-refractivity contribution in [1.82, 2.24) is 4.90 Å². The van der Waals surface area contributed by atoms with Gasteiger partial charge in [0.1, 0.15) is 11.6 Å². The van der Waals surface area contributed by atoms with E-state index in [1.807, 2.05) is 14.0 Å². The van der Waals surface area contributed by atoms with Gasteiger partial charge in [0, 0.05) is 23.7 Å². The maximum atomic E-state index is 13.7. The van der Waals surface area contributed by atoms with E-state index in [2.05, 4.69) is 18.7 Å². The van der Waals surface area contributed by atoms with Gasteiger partial charge in [0.05, 0.1) is 0 Å². The molecule has 1 aromatic carbocycles. The average Bonchev–Trinajstić information content (AvgIpc) is 2.29. The first-order valence-electron chi connectivity index (χ1n) is 6.21. The molecule has 0 aromatic heterocycles. The molecule has 0 fully saturated rings. The van der Waals surface area contributed by atoms with Crippen LogP contribution in [-0.4, -0.2) is 23.1 Å². The highest BCUT2D eigenvalue weighted by molar-refractivity contribution is 5.29. The molecule has 0 spiro atoms. The minimum Gasteiger partial charge on any atom is -0.508 e. The number of aromatic hydroxyl groups is 1. The Labute approximate surface area is 103 Å². The molecule has 0 saturated heterocycles. The Morgan fingerprint density at radius 3 is 2.35 bits per heavy atom. The minimum absolute atomic E-state index is 0.0144. The van der Waals surface area contributed by atoms with Crippen LogP contribution in [-0.2, 0) is 0 Å². The first-order valence-corrected chi connectivity index (χ1v) is 6.21. The lowest BCUT2D eigenvalue weighted by atomic mass is 10.0. The maximum Gasteiger partial charge on any atom is 0.131 e. The number of hydrogen-bond acceptors (Lipinski definition) is 2. The zero-order chi connectivity index (χ0) is 13.0. The van der Waals surface area contributed by atoms with E-state index < -0.39 is 0 Å². The van der Waals surface area contributed by atoms with Crippen LogP contribution in [0.15, 0.2) is 18.2 Å². The van der Waals surface area contributed by atoms with Crippen molar-refractivity contribution in [2.45, 2.75) is 45.7 Å². The summed E-state index contributed by atoms with van der Waals surface area (Å²) in [7, 11) is 2.02. The summed E-state index contributed by atoms with van der Waals surface area (Å²) >= 11 is 0. The molecule has 0 aliphatic rings. The average molecular weight is 239 g/mol. The van der Waals surface area contributed by atoms with Gasteiger partial charge in [-0.2, -0.15) is 0 Å². The van der Waals surface area contributed by atoms with Crippen molar-refractivity contribution in [3.8, 4) is 5.75 Å². The van der Waals surface area contributed by atoms with Crippen molar-refractivity contribution in [3.63, 3.8) is 0 Å². The van der Waals surface area contributed by atoms with E-state index >= 15 is 0 Å². The number of hydrogen-bond donors (Lipinski definition) is 1. The zero-order valence-corrected chi connectivity index (χ0v) is 11.1. The Bertz CT molecular complexity index is 363. The third-order valence-electron chi connectivity index (χ3n) is 3.56. The second-order valence-corrected chi connectivity index (χ2v) is 4.52. The minimum atomic E-state index is -0.338. The largest absolute Gasteiger partial charge is 0.508 e. The highest BCUT2D eigenvalue weighted by atomic mass is 19.1. The Hall–Kier alpha value is -1.09. The first-order chi connectivity index (χ1) is 8.01. The number of rotatable bonds is 5. The normalized spacial score (nSPS) is 13.4. The van der Waals surface area contributed by atoms with Gasteiger partial charge in [0.25, 0.3) is 0 Å². The van der Waals surface area contributed by atoms with E-state index in [1.165, 1.54) is 12.1 Å². The monoisotopic (exact) mass is 239 g/mol. The third-order valence-corrected chi connectivity index (χ3v) is 3.56. The van der Waals surface area contributed by atoms with Crippen LogP contribution < -0.4 is 0 Å². The zero-order valence-electron chi connectivity index (χ0n) is 11.1. The summed E-state index contributed by atoms with van der Waals surface area (Å²) in [6, 6.07) is 4.84. The molecule has 0 heterocycles. The van der Waals surface area contributed by atoms with Crippen LogP contribution in [0.5, 0.6) is 5.75 Å².